The van der Waals surface area contributed by atoms with Gasteiger partial charge in [-0.15, -0.1) is 0 Å². The molecule has 0 aromatic heterocycles. The number of rotatable bonds is 21. The summed E-state index contributed by atoms with van der Waals surface area (Å²) in [6.45, 7) is 2.27. The molecule has 0 radical (unpaired) electrons. The van der Waals surface area contributed by atoms with E-state index in [4.69, 9.17) is 13.3 Å². The van der Waals surface area contributed by atoms with E-state index in [9.17, 15) is 4.79 Å². The van der Waals surface area contributed by atoms with Crippen LogP contribution >= 0.6 is 11.8 Å². The predicted octanol–water partition coefficient (Wildman–Crippen LogP) is 7.00. The topological polar surface area (TPSA) is 44.8 Å². The molecule has 0 aromatic carbocycles. The molecule has 6 heteroatoms. The number of thioether (sulfide) groups is 1. The largest absolute Gasteiger partial charge is 0.500 e. The highest BCUT2D eigenvalue weighted by Crippen LogP contribution is 2.19. The molecule has 0 spiro atoms. The standard InChI is InChI=1S/C22H46O4SSi/c1-5-6-7-8-9-10-11-12-13-14-15-16-17-19-22(23)27-20-18-21-28(24-2,25-3)26-4/h5-21H2,1-4H3. The Morgan fingerprint density at radius 2 is 1.11 bits per heavy atom. The van der Waals surface area contributed by atoms with Crippen molar-refractivity contribution in [2.75, 3.05) is 27.1 Å². The first-order valence-electron chi connectivity index (χ1n) is 11.4. The van der Waals surface area contributed by atoms with Gasteiger partial charge in [-0.1, -0.05) is 95.7 Å². The third-order valence-corrected chi connectivity index (χ3v) is 9.16. The van der Waals surface area contributed by atoms with E-state index in [0.29, 0.717) is 11.5 Å². The van der Waals surface area contributed by atoms with Crippen molar-refractivity contribution in [2.24, 2.45) is 0 Å². The molecule has 168 valence electrons. The van der Waals surface area contributed by atoms with Crippen molar-refractivity contribution in [1.82, 2.24) is 0 Å². The quantitative estimate of drug-likeness (QED) is 0.144. The highest BCUT2D eigenvalue weighted by Gasteiger charge is 2.36. The van der Waals surface area contributed by atoms with Crippen LogP contribution in [-0.4, -0.2) is 41.0 Å². The van der Waals surface area contributed by atoms with Crippen LogP contribution in [0.2, 0.25) is 6.04 Å². The lowest BCUT2D eigenvalue weighted by molar-refractivity contribution is -0.111. The van der Waals surface area contributed by atoms with E-state index in [2.05, 4.69) is 6.92 Å². The Kier molecular flexibility index (Phi) is 20.5. The van der Waals surface area contributed by atoms with Crippen molar-refractivity contribution in [1.29, 1.82) is 0 Å². The van der Waals surface area contributed by atoms with Gasteiger partial charge in [0.05, 0.1) is 0 Å². The molecular weight excluding hydrogens is 388 g/mol. The van der Waals surface area contributed by atoms with Gasteiger partial charge in [0, 0.05) is 39.5 Å². The highest BCUT2D eigenvalue weighted by atomic mass is 32.2. The summed E-state index contributed by atoms with van der Waals surface area (Å²) in [4.78, 5) is 12.0. The Hall–Kier alpha value is 0.117. The van der Waals surface area contributed by atoms with Crippen molar-refractivity contribution in [3.63, 3.8) is 0 Å². The van der Waals surface area contributed by atoms with Crippen molar-refractivity contribution in [3.05, 3.63) is 0 Å². The first-order chi connectivity index (χ1) is 13.6. The molecule has 0 rings (SSSR count). The van der Waals surface area contributed by atoms with Crippen LogP contribution in [0, 0.1) is 0 Å². The second-order valence-electron chi connectivity index (χ2n) is 7.61. The molecule has 0 saturated carbocycles. The second kappa shape index (κ2) is 20.4. The number of hydrogen-bond donors (Lipinski definition) is 0. The fourth-order valence-electron chi connectivity index (χ4n) is 3.39. The van der Waals surface area contributed by atoms with Crippen LogP contribution < -0.4 is 0 Å². The SMILES string of the molecule is CCCCCCCCCCCCCCCC(=O)SCCC[Si](OC)(OC)OC. The summed E-state index contributed by atoms with van der Waals surface area (Å²) < 4.78 is 16.2. The number of hydrogen-bond acceptors (Lipinski definition) is 5. The van der Waals surface area contributed by atoms with Crippen molar-refractivity contribution < 1.29 is 18.1 Å². The molecule has 4 nitrogen and oxygen atoms in total. The van der Waals surface area contributed by atoms with Gasteiger partial charge in [-0.25, -0.2) is 0 Å². The third-order valence-electron chi connectivity index (χ3n) is 5.31. The number of carbonyl (C=O) groups excluding carboxylic acids is 1. The van der Waals surface area contributed by atoms with Gasteiger partial charge >= 0.3 is 8.80 Å². The smallest absolute Gasteiger partial charge is 0.377 e. The zero-order valence-electron chi connectivity index (χ0n) is 19.1. The van der Waals surface area contributed by atoms with Crippen LogP contribution in [0.3, 0.4) is 0 Å². The molecular formula is C22H46O4SSi. The Bertz CT molecular complexity index is 343. The monoisotopic (exact) mass is 434 g/mol. The molecule has 0 fully saturated rings. The van der Waals surface area contributed by atoms with Crippen LogP contribution in [0.25, 0.3) is 0 Å². The van der Waals surface area contributed by atoms with Gasteiger partial charge in [0.25, 0.3) is 0 Å². The zero-order chi connectivity index (χ0) is 20.9. The molecule has 0 unspecified atom stereocenters. The average Bonchev–Trinajstić information content (AvgIpc) is 2.72. The van der Waals surface area contributed by atoms with E-state index < -0.39 is 8.80 Å². The maximum absolute atomic E-state index is 12.0. The van der Waals surface area contributed by atoms with Crippen LogP contribution in [-0.2, 0) is 18.1 Å². The minimum Gasteiger partial charge on any atom is -0.377 e. The van der Waals surface area contributed by atoms with Gasteiger partial charge in [0.2, 0.25) is 0 Å². The summed E-state index contributed by atoms with van der Waals surface area (Å²) in [5, 5.41) is 0.322. The summed E-state index contributed by atoms with van der Waals surface area (Å²) in [5.41, 5.74) is 0. The van der Waals surface area contributed by atoms with E-state index in [0.717, 1.165) is 24.6 Å². The number of unbranched alkanes of at least 4 members (excludes halogenated alkanes) is 12. The molecule has 0 aliphatic heterocycles. The maximum Gasteiger partial charge on any atom is 0.500 e. The summed E-state index contributed by atoms with van der Waals surface area (Å²) in [6, 6.07) is 0.759. The molecule has 0 bridgehead atoms. The third kappa shape index (κ3) is 16.0. The zero-order valence-corrected chi connectivity index (χ0v) is 20.9. The van der Waals surface area contributed by atoms with Gasteiger partial charge < -0.3 is 13.3 Å². The normalized spacial score (nSPS) is 11.9. The van der Waals surface area contributed by atoms with Crippen molar-refractivity contribution in [2.45, 2.75) is 109 Å². The summed E-state index contributed by atoms with van der Waals surface area (Å²) in [6.07, 6.45) is 19.0. The van der Waals surface area contributed by atoms with Crippen molar-refractivity contribution in [3.8, 4) is 0 Å². The van der Waals surface area contributed by atoms with E-state index in [-0.39, 0.29) is 0 Å². The van der Waals surface area contributed by atoms with E-state index in [1.54, 1.807) is 21.3 Å². The molecule has 0 atom stereocenters. The summed E-state index contributed by atoms with van der Waals surface area (Å²) in [7, 11) is 2.42. The van der Waals surface area contributed by atoms with E-state index >= 15 is 0 Å². The molecule has 28 heavy (non-hydrogen) atoms. The minimum atomic E-state index is -2.47. The molecule has 0 aromatic rings. The Labute approximate surface area is 180 Å². The molecule has 0 N–H and O–H groups in total. The predicted molar refractivity (Wildman–Crippen MR) is 124 cm³/mol. The molecule has 0 amide bonds. The lowest BCUT2D eigenvalue weighted by Gasteiger charge is -2.23. The van der Waals surface area contributed by atoms with Crippen LogP contribution in [0.1, 0.15) is 103 Å². The van der Waals surface area contributed by atoms with Gasteiger partial charge in [-0.2, -0.15) is 0 Å². The Morgan fingerprint density at radius 1 is 0.679 bits per heavy atom. The van der Waals surface area contributed by atoms with E-state index in [1.807, 2.05) is 0 Å². The minimum absolute atomic E-state index is 0.322. The van der Waals surface area contributed by atoms with Gasteiger partial charge in [-0.05, 0) is 12.8 Å². The van der Waals surface area contributed by atoms with Crippen LogP contribution in [0.4, 0.5) is 0 Å². The Balaban J connectivity index is 3.37. The highest BCUT2D eigenvalue weighted by molar-refractivity contribution is 8.13. The van der Waals surface area contributed by atoms with Gasteiger partial charge in [0.1, 0.15) is 0 Å². The number of carbonyl (C=O) groups is 1. The van der Waals surface area contributed by atoms with Gasteiger partial charge in [0.15, 0.2) is 5.12 Å². The molecule has 0 aliphatic rings. The fourth-order valence-corrected chi connectivity index (χ4v) is 6.17. The molecule has 0 heterocycles. The lowest BCUT2D eigenvalue weighted by atomic mass is 10.0. The lowest BCUT2D eigenvalue weighted by Crippen LogP contribution is -2.42. The average molecular weight is 435 g/mol. The van der Waals surface area contributed by atoms with Crippen LogP contribution in [0.5, 0.6) is 0 Å². The van der Waals surface area contributed by atoms with Crippen LogP contribution in [0.15, 0.2) is 0 Å². The van der Waals surface area contributed by atoms with Gasteiger partial charge in [-0.3, -0.25) is 4.79 Å². The first kappa shape index (κ1) is 28.1. The maximum atomic E-state index is 12.0. The van der Waals surface area contributed by atoms with E-state index in [1.165, 1.54) is 88.8 Å². The molecule has 0 aliphatic carbocycles. The summed E-state index contributed by atoms with van der Waals surface area (Å²) >= 11 is 1.45. The Morgan fingerprint density at radius 3 is 1.54 bits per heavy atom. The second-order valence-corrected chi connectivity index (χ2v) is 11.9. The van der Waals surface area contributed by atoms with Crippen molar-refractivity contribution >= 4 is 25.7 Å². The first-order valence-corrected chi connectivity index (χ1v) is 14.4. The summed E-state index contributed by atoms with van der Waals surface area (Å²) in [5.74, 6) is 0.822. The molecule has 0 saturated heterocycles. The fraction of sp³-hybridized carbons (Fsp3) is 0.955.